The van der Waals surface area contributed by atoms with Gasteiger partial charge >= 0.3 is 0 Å². The van der Waals surface area contributed by atoms with Gasteiger partial charge in [0.05, 0.1) is 28.8 Å². The Morgan fingerprint density at radius 1 is 1.03 bits per heavy atom. The number of nitrogens with zero attached hydrogens (tertiary/aromatic N) is 3. The number of fused-ring (bicyclic) bond motifs is 1. The summed E-state index contributed by atoms with van der Waals surface area (Å²) >= 11 is 6.21. The lowest BCUT2D eigenvalue weighted by Gasteiger charge is -2.40. The Hall–Kier alpha value is -3.65. The van der Waals surface area contributed by atoms with Gasteiger partial charge in [0.2, 0.25) is 0 Å². The second-order valence-corrected chi connectivity index (χ2v) is 11.1. The maximum Gasteiger partial charge on any atom is 0.256 e. The van der Waals surface area contributed by atoms with E-state index in [0.29, 0.717) is 48.0 Å². The van der Waals surface area contributed by atoms with Crippen LogP contribution in [-0.4, -0.2) is 54.5 Å². The predicted molar refractivity (Wildman–Crippen MR) is 147 cm³/mol. The van der Waals surface area contributed by atoms with Crippen LogP contribution in [0.15, 0.2) is 60.9 Å². The van der Waals surface area contributed by atoms with Gasteiger partial charge in [-0.15, -0.1) is 0 Å². The molecule has 7 nitrogen and oxygen atoms in total. The molecule has 39 heavy (non-hydrogen) atoms. The van der Waals surface area contributed by atoms with E-state index in [1.807, 2.05) is 12.1 Å². The van der Waals surface area contributed by atoms with Crippen molar-refractivity contribution < 1.29 is 18.7 Å². The number of likely N-dealkylation sites (tertiary alicyclic amines) is 1. The van der Waals surface area contributed by atoms with E-state index in [4.69, 9.17) is 16.3 Å². The minimum Gasteiger partial charge on any atom is -0.493 e. The number of carbonyl (C=O) groups is 2. The van der Waals surface area contributed by atoms with Crippen LogP contribution in [0.4, 0.5) is 10.1 Å². The average molecular weight is 549 g/mol. The topological polar surface area (TPSA) is 74.8 Å². The average Bonchev–Trinajstić information content (AvgIpc) is 3.37. The summed E-state index contributed by atoms with van der Waals surface area (Å²) in [6, 6.07) is 13.3. The van der Waals surface area contributed by atoms with E-state index in [1.54, 1.807) is 47.6 Å². The van der Waals surface area contributed by atoms with Crippen LogP contribution < -0.4 is 15.0 Å². The number of nitrogens with one attached hydrogen (secondary N) is 1. The molecular formula is C30H30ClFN4O3. The number of carbonyl (C=O) groups excluding carboxylic acids is 2. The molecule has 3 aliphatic rings. The van der Waals surface area contributed by atoms with Crippen LogP contribution in [0.1, 0.15) is 58.0 Å². The summed E-state index contributed by atoms with van der Waals surface area (Å²) in [5.41, 5.74) is 2.20. The van der Waals surface area contributed by atoms with Gasteiger partial charge in [-0.2, -0.15) is 0 Å². The maximum absolute atomic E-state index is 15.2. The Labute approximate surface area is 231 Å². The number of pyridine rings is 1. The Morgan fingerprint density at radius 2 is 1.77 bits per heavy atom. The Morgan fingerprint density at radius 3 is 2.54 bits per heavy atom. The third-order valence-corrected chi connectivity index (χ3v) is 8.70. The molecule has 6 rings (SSSR count). The monoisotopic (exact) mass is 548 g/mol. The van der Waals surface area contributed by atoms with E-state index in [2.05, 4.69) is 15.2 Å². The highest BCUT2D eigenvalue weighted by atomic mass is 35.5. The van der Waals surface area contributed by atoms with Gasteiger partial charge in [0.1, 0.15) is 11.6 Å². The highest BCUT2D eigenvalue weighted by Crippen LogP contribution is 2.42. The van der Waals surface area contributed by atoms with E-state index in [0.717, 1.165) is 32.4 Å². The fraction of sp³-hybridized carbons (Fsp3) is 0.367. The SMILES string of the molecule is O=C(N[C@@H]1CCOc2cc(F)c(C(=O)N3CCC4(CCN(c5ccncc5)CC4)C3)cc21)c1ccccc1Cl. The largest absolute Gasteiger partial charge is 0.493 e. The third kappa shape index (κ3) is 5.05. The van der Waals surface area contributed by atoms with Crippen molar-refractivity contribution in [3.8, 4) is 5.75 Å². The molecule has 202 valence electrons. The van der Waals surface area contributed by atoms with Gasteiger partial charge < -0.3 is 19.9 Å². The van der Waals surface area contributed by atoms with Crippen LogP contribution in [0.2, 0.25) is 5.02 Å². The molecule has 0 aliphatic carbocycles. The van der Waals surface area contributed by atoms with Gasteiger partial charge in [0.25, 0.3) is 11.8 Å². The molecule has 0 radical (unpaired) electrons. The first-order valence-electron chi connectivity index (χ1n) is 13.4. The molecule has 1 atom stereocenters. The molecule has 2 fully saturated rings. The second kappa shape index (κ2) is 10.5. The summed E-state index contributed by atoms with van der Waals surface area (Å²) in [7, 11) is 0. The predicted octanol–water partition coefficient (Wildman–Crippen LogP) is 5.26. The minimum absolute atomic E-state index is 0.0162. The van der Waals surface area contributed by atoms with Crippen molar-refractivity contribution in [2.75, 3.05) is 37.7 Å². The fourth-order valence-electron chi connectivity index (χ4n) is 6.09. The van der Waals surface area contributed by atoms with Gasteiger partial charge in [0.15, 0.2) is 0 Å². The number of hydrogen-bond donors (Lipinski definition) is 1. The van der Waals surface area contributed by atoms with Crippen LogP contribution in [0.5, 0.6) is 5.75 Å². The number of benzene rings is 2. The van der Waals surface area contributed by atoms with E-state index >= 15 is 4.39 Å². The highest BCUT2D eigenvalue weighted by Gasteiger charge is 2.43. The lowest BCUT2D eigenvalue weighted by Crippen LogP contribution is -2.42. The van der Waals surface area contributed by atoms with Crippen molar-refractivity contribution in [1.29, 1.82) is 0 Å². The Balaban J connectivity index is 1.17. The number of amides is 2. The number of halogens is 2. The Bertz CT molecular complexity index is 1390. The van der Waals surface area contributed by atoms with Gasteiger partial charge in [0, 0.05) is 62.3 Å². The van der Waals surface area contributed by atoms with Crippen molar-refractivity contribution in [2.24, 2.45) is 5.41 Å². The molecule has 2 amide bonds. The zero-order chi connectivity index (χ0) is 27.0. The van der Waals surface area contributed by atoms with Crippen molar-refractivity contribution in [3.63, 3.8) is 0 Å². The lowest BCUT2D eigenvalue weighted by molar-refractivity contribution is 0.0759. The molecule has 0 saturated carbocycles. The first kappa shape index (κ1) is 25.6. The Kier molecular flexibility index (Phi) is 6.89. The van der Waals surface area contributed by atoms with Gasteiger partial charge in [-0.05, 0) is 55.0 Å². The molecule has 2 saturated heterocycles. The van der Waals surface area contributed by atoms with Crippen molar-refractivity contribution in [3.05, 3.63) is 88.5 Å². The van der Waals surface area contributed by atoms with Crippen LogP contribution in [0, 0.1) is 11.2 Å². The van der Waals surface area contributed by atoms with Gasteiger partial charge in [-0.3, -0.25) is 14.6 Å². The summed E-state index contributed by atoms with van der Waals surface area (Å²) in [5, 5.41) is 3.35. The zero-order valence-corrected chi connectivity index (χ0v) is 22.3. The van der Waals surface area contributed by atoms with Crippen molar-refractivity contribution in [1.82, 2.24) is 15.2 Å². The summed E-state index contributed by atoms with van der Waals surface area (Å²) in [6.07, 6.45) is 6.99. The molecular weight excluding hydrogens is 519 g/mol. The molecule has 9 heteroatoms. The van der Waals surface area contributed by atoms with E-state index in [1.165, 1.54) is 11.8 Å². The second-order valence-electron chi connectivity index (χ2n) is 10.7. The van der Waals surface area contributed by atoms with Crippen molar-refractivity contribution >= 4 is 29.1 Å². The van der Waals surface area contributed by atoms with E-state index in [9.17, 15) is 9.59 Å². The molecule has 1 N–H and O–H groups in total. The van der Waals surface area contributed by atoms with Crippen LogP contribution >= 0.6 is 11.6 Å². The van der Waals surface area contributed by atoms with E-state index < -0.39 is 11.9 Å². The van der Waals surface area contributed by atoms with Crippen LogP contribution in [-0.2, 0) is 0 Å². The minimum atomic E-state index is -0.606. The molecule has 1 spiro atoms. The number of aromatic nitrogens is 1. The summed E-state index contributed by atoms with van der Waals surface area (Å²) in [5.74, 6) is -0.896. The molecule has 3 aliphatic heterocycles. The highest BCUT2D eigenvalue weighted by molar-refractivity contribution is 6.33. The van der Waals surface area contributed by atoms with E-state index in [-0.39, 0.29) is 22.8 Å². The lowest BCUT2D eigenvalue weighted by atomic mass is 9.77. The normalized spacial score (nSPS) is 19.9. The smallest absolute Gasteiger partial charge is 0.256 e. The zero-order valence-electron chi connectivity index (χ0n) is 21.5. The van der Waals surface area contributed by atoms with Crippen LogP contribution in [0.3, 0.4) is 0 Å². The number of rotatable bonds is 4. The fourth-order valence-corrected chi connectivity index (χ4v) is 6.31. The standard InChI is InChI=1S/C30H30ClFN4O3/c31-24-4-2-1-3-21(24)28(37)34-26-7-16-39-27-18-25(32)22(17-23(26)27)29(38)36-15-10-30(19-36)8-13-35(14-9-30)20-5-11-33-12-6-20/h1-6,11-12,17-18,26H,7-10,13-16,19H2,(H,34,37)/t26-/m1/s1. The molecule has 1 aromatic heterocycles. The van der Waals surface area contributed by atoms with Gasteiger partial charge in [-0.25, -0.2) is 4.39 Å². The third-order valence-electron chi connectivity index (χ3n) is 8.37. The van der Waals surface area contributed by atoms with Crippen LogP contribution in [0.25, 0.3) is 0 Å². The maximum atomic E-state index is 15.2. The van der Waals surface area contributed by atoms with Gasteiger partial charge in [-0.1, -0.05) is 23.7 Å². The number of hydrogen-bond acceptors (Lipinski definition) is 5. The molecule has 0 bridgehead atoms. The first-order chi connectivity index (χ1) is 18.9. The summed E-state index contributed by atoms with van der Waals surface area (Å²) in [4.78, 5) is 34.8. The number of piperidine rings is 1. The molecule has 2 aromatic carbocycles. The quantitative estimate of drug-likeness (QED) is 0.481. The number of ether oxygens (including phenoxy) is 1. The molecule has 3 aromatic rings. The molecule has 0 unspecified atom stereocenters. The summed E-state index contributed by atoms with van der Waals surface area (Å²) < 4.78 is 20.9. The number of anilines is 1. The summed E-state index contributed by atoms with van der Waals surface area (Å²) in [6.45, 7) is 3.40. The van der Waals surface area contributed by atoms with Crippen molar-refractivity contribution in [2.45, 2.75) is 31.7 Å². The first-order valence-corrected chi connectivity index (χ1v) is 13.8. The molecule has 4 heterocycles.